The van der Waals surface area contributed by atoms with Gasteiger partial charge in [0.15, 0.2) is 0 Å². The van der Waals surface area contributed by atoms with Crippen LogP contribution in [0.3, 0.4) is 0 Å². The Morgan fingerprint density at radius 2 is 1.79 bits per heavy atom. The zero-order valence-corrected chi connectivity index (χ0v) is 13.9. The fourth-order valence-electron chi connectivity index (χ4n) is 3.92. The molecular weight excluding hydrogens is 232 g/mol. The largest absolute Gasteiger partial charge is 0.300 e. The molecule has 0 saturated carbocycles. The van der Waals surface area contributed by atoms with Gasteiger partial charge in [-0.3, -0.25) is 0 Å². The summed E-state index contributed by atoms with van der Waals surface area (Å²) in [6.45, 7) is 19.6. The van der Waals surface area contributed by atoms with Gasteiger partial charge in [0.1, 0.15) is 0 Å². The molecule has 2 saturated heterocycles. The molecule has 0 spiro atoms. The highest BCUT2D eigenvalue weighted by atomic mass is 15.2. The summed E-state index contributed by atoms with van der Waals surface area (Å²) < 4.78 is 0. The first-order valence-corrected chi connectivity index (χ1v) is 8.26. The van der Waals surface area contributed by atoms with Gasteiger partial charge in [0.2, 0.25) is 0 Å². The molecule has 2 aliphatic heterocycles. The summed E-state index contributed by atoms with van der Waals surface area (Å²) in [7, 11) is 0. The lowest BCUT2D eigenvalue weighted by molar-refractivity contribution is 0.188. The average molecular weight is 266 g/mol. The van der Waals surface area contributed by atoms with Crippen molar-refractivity contribution in [3.05, 3.63) is 0 Å². The van der Waals surface area contributed by atoms with Crippen molar-refractivity contribution in [3.8, 4) is 0 Å². The molecule has 0 amide bonds. The molecule has 2 heterocycles. The smallest absolute Gasteiger partial charge is 0.00703 e. The maximum Gasteiger partial charge on any atom is 0.00703 e. The predicted octanol–water partition coefficient (Wildman–Crippen LogP) is 3.47. The molecular formula is C17H34N2. The Morgan fingerprint density at radius 3 is 2.26 bits per heavy atom. The Hall–Kier alpha value is -0.0800. The van der Waals surface area contributed by atoms with Gasteiger partial charge in [-0.15, -0.1) is 0 Å². The van der Waals surface area contributed by atoms with E-state index in [-0.39, 0.29) is 0 Å². The van der Waals surface area contributed by atoms with E-state index in [1.54, 1.807) is 0 Å². The van der Waals surface area contributed by atoms with Gasteiger partial charge in [-0.05, 0) is 57.4 Å². The van der Waals surface area contributed by atoms with Crippen LogP contribution in [-0.2, 0) is 0 Å². The number of nitrogens with zero attached hydrogens (tertiary/aromatic N) is 2. The normalized spacial score (nSPS) is 34.3. The van der Waals surface area contributed by atoms with Crippen molar-refractivity contribution >= 4 is 0 Å². The Bertz CT molecular complexity index is 298. The summed E-state index contributed by atoms with van der Waals surface area (Å²) in [4.78, 5) is 5.39. The van der Waals surface area contributed by atoms with Gasteiger partial charge in [0.05, 0.1) is 0 Å². The summed E-state index contributed by atoms with van der Waals surface area (Å²) in [5.74, 6) is 1.78. The molecule has 2 fully saturated rings. The molecule has 2 nitrogen and oxygen atoms in total. The van der Waals surface area contributed by atoms with Crippen molar-refractivity contribution in [3.63, 3.8) is 0 Å². The molecule has 3 unspecified atom stereocenters. The molecule has 2 rings (SSSR count). The van der Waals surface area contributed by atoms with E-state index in [4.69, 9.17) is 0 Å². The molecule has 0 aromatic carbocycles. The van der Waals surface area contributed by atoms with E-state index in [9.17, 15) is 0 Å². The van der Waals surface area contributed by atoms with Gasteiger partial charge >= 0.3 is 0 Å². The van der Waals surface area contributed by atoms with Crippen molar-refractivity contribution in [2.45, 2.75) is 66.5 Å². The van der Waals surface area contributed by atoms with Crippen molar-refractivity contribution in [2.75, 3.05) is 26.2 Å². The molecule has 0 aromatic heterocycles. The average Bonchev–Trinajstić information content (AvgIpc) is 2.83. The Balaban J connectivity index is 1.84. The molecule has 0 bridgehead atoms. The SMILES string of the molecule is CC1CN(C(C)C)CC1CC(C)N1CCC(C)(C)C1. The quantitative estimate of drug-likeness (QED) is 0.769. The highest BCUT2D eigenvalue weighted by Gasteiger charge is 2.36. The summed E-state index contributed by atoms with van der Waals surface area (Å²) in [5.41, 5.74) is 0.541. The molecule has 2 aliphatic rings. The van der Waals surface area contributed by atoms with Crippen LogP contribution in [0.15, 0.2) is 0 Å². The molecule has 112 valence electrons. The van der Waals surface area contributed by atoms with E-state index in [2.05, 4.69) is 51.3 Å². The second-order valence-corrected chi connectivity index (χ2v) is 8.25. The van der Waals surface area contributed by atoms with Crippen molar-refractivity contribution in [1.82, 2.24) is 9.80 Å². The summed E-state index contributed by atoms with van der Waals surface area (Å²) >= 11 is 0. The second-order valence-electron chi connectivity index (χ2n) is 8.25. The topological polar surface area (TPSA) is 6.48 Å². The highest BCUT2D eigenvalue weighted by Crippen LogP contribution is 2.34. The molecule has 0 aromatic rings. The van der Waals surface area contributed by atoms with Gasteiger partial charge < -0.3 is 9.80 Å². The van der Waals surface area contributed by atoms with Crippen molar-refractivity contribution in [2.24, 2.45) is 17.3 Å². The zero-order chi connectivity index (χ0) is 14.2. The number of hydrogen-bond acceptors (Lipinski definition) is 2. The number of hydrogen-bond donors (Lipinski definition) is 0. The Kier molecular flexibility index (Phi) is 4.62. The molecule has 0 N–H and O–H groups in total. The summed E-state index contributed by atoms with van der Waals surface area (Å²) in [6, 6.07) is 1.48. The van der Waals surface area contributed by atoms with Gasteiger partial charge in [0.25, 0.3) is 0 Å². The minimum atomic E-state index is 0.541. The highest BCUT2D eigenvalue weighted by molar-refractivity contribution is 4.89. The standard InChI is InChI=1S/C17H34N2/c1-13(2)19-10-14(3)16(11-19)9-15(4)18-8-7-17(5,6)12-18/h13-16H,7-12H2,1-6H3. The lowest BCUT2D eigenvalue weighted by Crippen LogP contribution is -2.35. The molecule has 0 aliphatic carbocycles. The van der Waals surface area contributed by atoms with E-state index < -0.39 is 0 Å². The molecule has 0 radical (unpaired) electrons. The fraction of sp³-hybridized carbons (Fsp3) is 1.00. The Labute approximate surface area is 120 Å². The van der Waals surface area contributed by atoms with Crippen molar-refractivity contribution in [1.29, 1.82) is 0 Å². The van der Waals surface area contributed by atoms with Gasteiger partial charge in [-0.2, -0.15) is 0 Å². The van der Waals surface area contributed by atoms with Crippen LogP contribution in [-0.4, -0.2) is 48.1 Å². The monoisotopic (exact) mass is 266 g/mol. The number of likely N-dealkylation sites (tertiary alicyclic amines) is 2. The fourth-order valence-corrected chi connectivity index (χ4v) is 3.92. The third kappa shape index (κ3) is 3.72. The summed E-state index contributed by atoms with van der Waals surface area (Å²) in [5, 5.41) is 0. The third-order valence-corrected chi connectivity index (χ3v) is 5.50. The minimum absolute atomic E-state index is 0.541. The van der Waals surface area contributed by atoms with Crippen LogP contribution >= 0.6 is 0 Å². The van der Waals surface area contributed by atoms with E-state index in [1.807, 2.05) is 0 Å². The minimum Gasteiger partial charge on any atom is -0.300 e. The number of rotatable bonds is 4. The molecule has 19 heavy (non-hydrogen) atoms. The first-order chi connectivity index (χ1) is 8.78. The maximum atomic E-state index is 2.73. The van der Waals surface area contributed by atoms with Crippen LogP contribution in [0.25, 0.3) is 0 Å². The second kappa shape index (κ2) is 5.73. The predicted molar refractivity (Wildman–Crippen MR) is 83.4 cm³/mol. The third-order valence-electron chi connectivity index (χ3n) is 5.50. The van der Waals surface area contributed by atoms with E-state index >= 15 is 0 Å². The molecule has 2 heteroatoms. The van der Waals surface area contributed by atoms with Crippen LogP contribution < -0.4 is 0 Å². The van der Waals surface area contributed by atoms with Crippen LogP contribution in [0.4, 0.5) is 0 Å². The van der Waals surface area contributed by atoms with E-state index in [0.29, 0.717) is 11.5 Å². The lowest BCUT2D eigenvalue weighted by Gasteiger charge is -2.29. The van der Waals surface area contributed by atoms with Crippen LogP contribution in [0, 0.1) is 17.3 Å². The van der Waals surface area contributed by atoms with Gasteiger partial charge in [0, 0.05) is 31.7 Å². The molecule has 3 atom stereocenters. The Morgan fingerprint density at radius 1 is 1.11 bits per heavy atom. The lowest BCUT2D eigenvalue weighted by atomic mass is 9.90. The van der Waals surface area contributed by atoms with Crippen LogP contribution in [0.1, 0.15) is 54.4 Å². The van der Waals surface area contributed by atoms with Crippen LogP contribution in [0.2, 0.25) is 0 Å². The zero-order valence-electron chi connectivity index (χ0n) is 13.9. The van der Waals surface area contributed by atoms with Crippen molar-refractivity contribution < 1.29 is 0 Å². The first kappa shape index (κ1) is 15.3. The first-order valence-electron chi connectivity index (χ1n) is 8.26. The maximum absolute atomic E-state index is 2.73. The van der Waals surface area contributed by atoms with Crippen LogP contribution in [0.5, 0.6) is 0 Å². The van der Waals surface area contributed by atoms with E-state index in [0.717, 1.165) is 17.9 Å². The van der Waals surface area contributed by atoms with Gasteiger partial charge in [-0.25, -0.2) is 0 Å². The van der Waals surface area contributed by atoms with E-state index in [1.165, 1.54) is 39.0 Å². The van der Waals surface area contributed by atoms with Gasteiger partial charge in [-0.1, -0.05) is 20.8 Å². The summed E-state index contributed by atoms with van der Waals surface area (Å²) in [6.07, 6.45) is 2.76.